The second-order valence-electron chi connectivity index (χ2n) is 5.77. The standard InChI is InChI=1S/C19H23N3O2/c1-4-13(2)18(23)22-17-12-16(11-10-14(17)3)21-19(24)20-15-8-6-5-7-9-15/h5-13H,4H2,1-3H3,(H,22,23)(H2,20,21,24). The Morgan fingerprint density at radius 1 is 0.958 bits per heavy atom. The summed E-state index contributed by atoms with van der Waals surface area (Å²) in [4.78, 5) is 24.1. The number of nitrogens with one attached hydrogen (secondary N) is 3. The van der Waals surface area contributed by atoms with Crippen LogP contribution in [0.25, 0.3) is 0 Å². The highest BCUT2D eigenvalue weighted by molar-refractivity contribution is 6.00. The highest BCUT2D eigenvalue weighted by Crippen LogP contribution is 2.21. The van der Waals surface area contributed by atoms with E-state index in [0.29, 0.717) is 17.1 Å². The molecular weight excluding hydrogens is 302 g/mol. The lowest BCUT2D eigenvalue weighted by atomic mass is 10.1. The molecule has 5 nitrogen and oxygen atoms in total. The first-order valence-electron chi connectivity index (χ1n) is 8.04. The molecule has 0 aliphatic carbocycles. The molecule has 2 aromatic carbocycles. The zero-order chi connectivity index (χ0) is 17.5. The molecule has 3 N–H and O–H groups in total. The molecule has 3 amide bonds. The zero-order valence-electron chi connectivity index (χ0n) is 14.2. The lowest BCUT2D eigenvalue weighted by molar-refractivity contribution is -0.119. The van der Waals surface area contributed by atoms with Gasteiger partial charge in [0, 0.05) is 23.0 Å². The third kappa shape index (κ3) is 4.84. The molecular formula is C19H23N3O2. The molecule has 2 rings (SSSR count). The van der Waals surface area contributed by atoms with Gasteiger partial charge < -0.3 is 16.0 Å². The van der Waals surface area contributed by atoms with Crippen LogP contribution in [0.15, 0.2) is 48.5 Å². The van der Waals surface area contributed by atoms with Gasteiger partial charge in [0.2, 0.25) is 5.91 Å². The third-order valence-corrected chi connectivity index (χ3v) is 3.84. The second kappa shape index (κ2) is 8.15. The van der Waals surface area contributed by atoms with Crippen molar-refractivity contribution in [3.05, 3.63) is 54.1 Å². The molecule has 2 aromatic rings. The highest BCUT2D eigenvalue weighted by atomic mass is 16.2. The summed E-state index contributed by atoms with van der Waals surface area (Å²) >= 11 is 0. The summed E-state index contributed by atoms with van der Waals surface area (Å²) in [6, 6.07) is 14.3. The van der Waals surface area contributed by atoms with Crippen LogP contribution in [0.1, 0.15) is 25.8 Å². The minimum absolute atomic E-state index is 0.0218. The maximum Gasteiger partial charge on any atom is 0.323 e. The Labute approximate surface area is 142 Å². The van der Waals surface area contributed by atoms with Crippen LogP contribution in [0.4, 0.5) is 21.9 Å². The maximum atomic E-state index is 12.1. The van der Waals surface area contributed by atoms with Crippen molar-refractivity contribution >= 4 is 29.0 Å². The van der Waals surface area contributed by atoms with E-state index in [1.807, 2.05) is 57.2 Å². The fourth-order valence-electron chi connectivity index (χ4n) is 2.09. The van der Waals surface area contributed by atoms with Crippen LogP contribution in [-0.2, 0) is 4.79 Å². The number of para-hydroxylation sites is 1. The Bertz CT molecular complexity index is 714. The van der Waals surface area contributed by atoms with E-state index < -0.39 is 0 Å². The summed E-state index contributed by atoms with van der Waals surface area (Å²) in [5.41, 5.74) is 2.99. The van der Waals surface area contributed by atoms with Gasteiger partial charge >= 0.3 is 6.03 Å². The summed E-state index contributed by atoms with van der Waals surface area (Å²) in [6.07, 6.45) is 0.780. The molecule has 1 atom stereocenters. The zero-order valence-corrected chi connectivity index (χ0v) is 14.2. The average molecular weight is 325 g/mol. The number of benzene rings is 2. The first-order chi connectivity index (χ1) is 11.5. The Kier molecular flexibility index (Phi) is 5.95. The summed E-state index contributed by atoms with van der Waals surface area (Å²) in [5.74, 6) is -0.0751. The molecule has 0 heterocycles. The van der Waals surface area contributed by atoms with Crippen molar-refractivity contribution in [1.82, 2.24) is 0 Å². The maximum absolute atomic E-state index is 12.1. The first-order valence-corrected chi connectivity index (χ1v) is 8.04. The van der Waals surface area contributed by atoms with Gasteiger partial charge in [0.1, 0.15) is 0 Å². The van der Waals surface area contributed by atoms with Gasteiger partial charge in [-0.25, -0.2) is 4.79 Å². The molecule has 0 aliphatic heterocycles. The number of hydrogen-bond acceptors (Lipinski definition) is 2. The van der Waals surface area contributed by atoms with Crippen LogP contribution in [0.2, 0.25) is 0 Å². The number of amides is 3. The molecule has 5 heteroatoms. The van der Waals surface area contributed by atoms with Gasteiger partial charge in [-0.1, -0.05) is 38.1 Å². The van der Waals surface area contributed by atoms with E-state index >= 15 is 0 Å². The van der Waals surface area contributed by atoms with Crippen molar-refractivity contribution in [3.8, 4) is 0 Å². The molecule has 126 valence electrons. The topological polar surface area (TPSA) is 70.2 Å². The van der Waals surface area contributed by atoms with Gasteiger partial charge in [-0.05, 0) is 43.2 Å². The lowest BCUT2D eigenvalue weighted by Crippen LogP contribution is -2.21. The van der Waals surface area contributed by atoms with Gasteiger partial charge in [-0.3, -0.25) is 4.79 Å². The Hall–Kier alpha value is -2.82. The molecule has 0 saturated carbocycles. The first kappa shape index (κ1) is 17.5. The van der Waals surface area contributed by atoms with Gasteiger partial charge in [0.05, 0.1) is 0 Å². The van der Waals surface area contributed by atoms with Crippen molar-refractivity contribution in [2.24, 2.45) is 5.92 Å². The third-order valence-electron chi connectivity index (χ3n) is 3.84. The quantitative estimate of drug-likeness (QED) is 0.750. The van der Waals surface area contributed by atoms with Crippen LogP contribution < -0.4 is 16.0 Å². The number of carbonyl (C=O) groups excluding carboxylic acids is 2. The number of carbonyl (C=O) groups is 2. The monoisotopic (exact) mass is 325 g/mol. The van der Waals surface area contributed by atoms with Crippen LogP contribution in [0, 0.1) is 12.8 Å². The van der Waals surface area contributed by atoms with E-state index in [0.717, 1.165) is 12.0 Å². The summed E-state index contributed by atoms with van der Waals surface area (Å²) in [6.45, 7) is 5.78. The van der Waals surface area contributed by atoms with Gasteiger partial charge in [0.15, 0.2) is 0 Å². The molecule has 0 aromatic heterocycles. The number of rotatable bonds is 5. The molecule has 0 bridgehead atoms. The number of urea groups is 1. The van der Waals surface area contributed by atoms with Crippen molar-refractivity contribution in [2.45, 2.75) is 27.2 Å². The van der Waals surface area contributed by atoms with E-state index in [2.05, 4.69) is 16.0 Å². The van der Waals surface area contributed by atoms with Crippen LogP contribution in [0.3, 0.4) is 0 Å². The predicted octanol–water partition coefficient (Wildman–Crippen LogP) is 4.62. The van der Waals surface area contributed by atoms with Crippen molar-refractivity contribution in [1.29, 1.82) is 0 Å². The lowest BCUT2D eigenvalue weighted by Gasteiger charge is -2.14. The Morgan fingerprint density at radius 3 is 2.29 bits per heavy atom. The molecule has 0 spiro atoms. The Morgan fingerprint density at radius 2 is 1.62 bits per heavy atom. The molecule has 0 radical (unpaired) electrons. The largest absolute Gasteiger partial charge is 0.326 e. The smallest absolute Gasteiger partial charge is 0.323 e. The SMILES string of the molecule is CCC(C)C(=O)Nc1cc(NC(=O)Nc2ccccc2)ccc1C. The molecule has 0 aliphatic rings. The minimum Gasteiger partial charge on any atom is -0.326 e. The Balaban J connectivity index is 2.04. The molecule has 0 saturated heterocycles. The fourth-order valence-corrected chi connectivity index (χ4v) is 2.09. The summed E-state index contributed by atoms with van der Waals surface area (Å²) < 4.78 is 0. The van der Waals surface area contributed by atoms with Crippen LogP contribution in [-0.4, -0.2) is 11.9 Å². The van der Waals surface area contributed by atoms with E-state index in [1.165, 1.54) is 0 Å². The van der Waals surface area contributed by atoms with Crippen molar-refractivity contribution < 1.29 is 9.59 Å². The number of aryl methyl sites for hydroxylation is 1. The van der Waals surface area contributed by atoms with E-state index in [-0.39, 0.29) is 17.9 Å². The molecule has 1 unspecified atom stereocenters. The summed E-state index contributed by atoms with van der Waals surface area (Å²) in [5, 5.41) is 8.44. The van der Waals surface area contributed by atoms with Crippen LogP contribution in [0.5, 0.6) is 0 Å². The number of hydrogen-bond donors (Lipinski definition) is 3. The van der Waals surface area contributed by atoms with Crippen LogP contribution >= 0.6 is 0 Å². The van der Waals surface area contributed by atoms with Gasteiger partial charge in [0.25, 0.3) is 0 Å². The highest BCUT2D eigenvalue weighted by Gasteiger charge is 2.12. The van der Waals surface area contributed by atoms with E-state index in [9.17, 15) is 9.59 Å². The predicted molar refractivity (Wildman–Crippen MR) is 98.3 cm³/mol. The molecule has 0 fully saturated rings. The van der Waals surface area contributed by atoms with Gasteiger partial charge in [-0.2, -0.15) is 0 Å². The van der Waals surface area contributed by atoms with Gasteiger partial charge in [-0.15, -0.1) is 0 Å². The normalized spacial score (nSPS) is 11.5. The second-order valence-corrected chi connectivity index (χ2v) is 5.77. The van der Waals surface area contributed by atoms with E-state index in [4.69, 9.17) is 0 Å². The summed E-state index contributed by atoms with van der Waals surface area (Å²) in [7, 11) is 0. The molecule has 24 heavy (non-hydrogen) atoms. The number of anilines is 3. The van der Waals surface area contributed by atoms with Crippen molar-refractivity contribution in [3.63, 3.8) is 0 Å². The van der Waals surface area contributed by atoms with Crippen molar-refractivity contribution in [2.75, 3.05) is 16.0 Å². The fraction of sp³-hybridized carbons (Fsp3) is 0.263. The average Bonchev–Trinajstić information content (AvgIpc) is 2.57. The van der Waals surface area contributed by atoms with E-state index in [1.54, 1.807) is 12.1 Å². The minimum atomic E-state index is -0.329.